The largest absolute Gasteiger partial charge is 0.308 e. The van der Waals surface area contributed by atoms with Crippen LogP contribution >= 0.6 is 11.6 Å². The van der Waals surface area contributed by atoms with Crippen molar-refractivity contribution in [1.29, 1.82) is 0 Å². The second-order valence-electron chi connectivity index (χ2n) is 5.06. The zero-order chi connectivity index (χ0) is 15.5. The lowest BCUT2D eigenvalue weighted by molar-refractivity contribution is 0.0988. The van der Waals surface area contributed by atoms with Crippen LogP contribution in [0.4, 0.5) is 5.69 Å². The number of benzene rings is 3. The molecule has 0 unspecified atom stereocenters. The first-order chi connectivity index (χ1) is 10.7. The maximum atomic E-state index is 12.8. The van der Waals surface area contributed by atoms with E-state index in [9.17, 15) is 4.79 Å². The highest BCUT2D eigenvalue weighted by Crippen LogP contribution is 2.28. The Morgan fingerprint density at radius 3 is 2.50 bits per heavy atom. The van der Waals surface area contributed by atoms with E-state index < -0.39 is 0 Å². The Balaban J connectivity index is 2.08. The molecule has 0 saturated heterocycles. The molecule has 0 bridgehead atoms. The van der Waals surface area contributed by atoms with E-state index in [0.29, 0.717) is 17.1 Å². The summed E-state index contributed by atoms with van der Waals surface area (Å²) in [4.78, 5) is 14.6. The lowest BCUT2D eigenvalue weighted by Gasteiger charge is -2.23. The number of halogens is 1. The van der Waals surface area contributed by atoms with E-state index in [-0.39, 0.29) is 5.91 Å². The zero-order valence-corrected chi connectivity index (χ0v) is 13.0. The Morgan fingerprint density at radius 2 is 1.73 bits per heavy atom. The maximum Gasteiger partial charge on any atom is 0.258 e. The van der Waals surface area contributed by atoms with E-state index in [0.717, 1.165) is 16.5 Å². The fraction of sp³-hybridized carbons (Fsp3) is 0.105. The normalized spacial score (nSPS) is 10.6. The van der Waals surface area contributed by atoms with E-state index in [1.807, 2.05) is 37.3 Å². The molecule has 0 heterocycles. The monoisotopic (exact) mass is 309 g/mol. The van der Waals surface area contributed by atoms with Crippen molar-refractivity contribution < 1.29 is 4.79 Å². The summed E-state index contributed by atoms with van der Waals surface area (Å²) >= 11 is 6.01. The minimum Gasteiger partial charge on any atom is -0.308 e. The Kier molecular flexibility index (Phi) is 4.12. The van der Waals surface area contributed by atoms with Gasteiger partial charge in [0.15, 0.2) is 0 Å². The number of rotatable bonds is 3. The number of carbonyl (C=O) groups is 1. The third-order valence-corrected chi connectivity index (χ3v) is 3.93. The molecule has 3 rings (SSSR count). The number of anilines is 1. The Bertz CT molecular complexity index is 823. The Labute approximate surface area is 134 Å². The van der Waals surface area contributed by atoms with Crippen LogP contribution in [-0.2, 0) is 0 Å². The Hall–Kier alpha value is -2.32. The quantitative estimate of drug-likeness (QED) is 0.654. The summed E-state index contributed by atoms with van der Waals surface area (Å²) in [5.74, 6) is -0.0404. The van der Waals surface area contributed by atoms with Gasteiger partial charge in [-0.1, -0.05) is 54.1 Å². The average Bonchev–Trinajstić information content (AvgIpc) is 2.55. The molecule has 0 aliphatic carbocycles. The van der Waals surface area contributed by atoms with Gasteiger partial charge in [0.2, 0.25) is 0 Å². The molecule has 110 valence electrons. The summed E-state index contributed by atoms with van der Waals surface area (Å²) in [6.07, 6.45) is 0. The van der Waals surface area contributed by atoms with Crippen LogP contribution in [0.1, 0.15) is 17.3 Å². The second kappa shape index (κ2) is 6.20. The van der Waals surface area contributed by atoms with Gasteiger partial charge < -0.3 is 4.90 Å². The van der Waals surface area contributed by atoms with E-state index in [4.69, 9.17) is 11.6 Å². The summed E-state index contributed by atoms with van der Waals surface area (Å²) in [6.45, 7) is 2.57. The summed E-state index contributed by atoms with van der Waals surface area (Å²) in [7, 11) is 0. The van der Waals surface area contributed by atoms with Crippen molar-refractivity contribution in [3.63, 3.8) is 0 Å². The fourth-order valence-electron chi connectivity index (χ4n) is 2.64. The number of nitrogens with zero attached hydrogens (tertiary/aromatic N) is 1. The third kappa shape index (κ3) is 2.70. The molecule has 0 atom stereocenters. The van der Waals surface area contributed by atoms with Crippen LogP contribution in [0.15, 0.2) is 66.7 Å². The van der Waals surface area contributed by atoms with Gasteiger partial charge in [-0.2, -0.15) is 0 Å². The van der Waals surface area contributed by atoms with Crippen molar-refractivity contribution in [1.82, 2.24) is 0 Å². The van der Waals surface area contributed by atoms with Crippen LogP contribution < -0.4 is 4.90 Å². The predicted octanol–water partition coefficient (Wildman–Crippen LogP) is 5.16. The number of amides is 1. The molecule has 0 aliphatic heterocycles. The molecular formula is C19H16ClNO. The molecule has 0 N–H and O–H groups in total. The first-order valence-electron chi connectivity index (χ1n) is 7.26. The number of fused-ring (bicyclic) bond motifs is 1. The zero-order valence-electron chi connectivity index (χ0n) is 12.3. The lowest BCUT2D eigenvalue weighted by atomic mass is 10.1. The van der Waals surface area contributed by atoms with Crippen molar-refractivity contribution in [3.8, 4) is 0 Å². The third-order valence-electron chi connectivity index (χ3n) is 3.69. The molecule has 3 heteroatoms. The highest BCUT2D eigenvalue weighted by atomic mass is 35.5. The Morgan fingerprint density at radius 1 is 1.00 bits per heavy atom. The van der Waals surface area contributed by atoms with Crippen LogP contribution in [0.25, 0.3) is 10.8 Å². The van der Waals surface area contributed by atoms with Gasteiger partial charge in [-0.25, -0.2) is 0 Å². The van der Waals surface area contributed by atoms with Gasteiger partial charge in [-0.05, 0) is 36.6 Å². The minimum absolute atomic E-state index is 0.0404. The molecule has 1 amide bonds. The molecule has 0 aromatic heterocycles. The van der Waals surface area contributed by atoms with Gasteiger partial charge in [0.1, 0.15) is 0 Å². The van der Waals surface area contributed by atoms with Gasteiger partial charge in [0.25, 0.3) is 5.91 Å². The van der Waals surface area contributed by atoms with E-state index in [1.54, 1.807) is 29.2 Å². The highest BCUT2D eigenvalue weighted by molar-refractivity contribution is 6.31. The maximum absolute atomic E-state index is 12.8. The molecule has 0 aliphatic rings. The van der Waals surface area contributed by atoms with Crippen LogP contribution in [0.5, 0.6) is 0 Å². The number of hydrogen-bond donors (Lipinski definition) is 0. The SMILES string of the molecule is CCN(C(=O)c1cccc(Cl)c1)c1cccc2ccccc12. The van der Waals surface area contributed by atoms with Crippen LogP contribution in [-0.4, -0.2) is 12.5 Å². The molecule has 22 heavy (non-hydrogen) atoms. The topological polar surface area (TPSA) is 20.3 Å². The van der Waals surface area contributed by atoms with Gasteiger partial charge >= 0.3 is 0 Å². The van der Waals surface area contributed by atoms with Crippen molar-refractivity contribution in [2.45, 2.75) is 6.92 Å². The minimum atomic E-state index is -0.0404. The van der Waals surface area contributed by atoms with Crippen molar-refractivity contribution in [3.05, 3.63) is 77.3 Å². The van der Waals surface area contributed by atoms with Gasteiger partial charge in [0, 0.05) is 22.5 Å². The van der Waals surface area contributed by atoms with E-state index in [2.05, 4.69) is 12.1 Å². The molecule has 2 nitrogen and oxygen atoms in total. The summed E-state index contributed by atoms with van der Waals surface area (Å²) in [5, 5.41) is 2.76. The highest BCUT2D eigenvalue weighted by Gasteiger charge is 2.18. The fourth-order valence-corrected chi connectivity index (χ4v) is 2.83. The summed E-state index contributed by atoms with van der Waals surface area (Å²) in [6, 6.07) is 21.2. The van der Waals surface area contributed by atoms with Crippen molar-refractivity contribution in [2.75, 3.05) is 11.4 Å². The smallest absolute Gasteiger partial charge is 0.258 e. The van der Waals surface area contributed by atoms with Crippen molar-refractivity contribution in [2.24, 2.45) is 0 Å². The standard InChI is InChI=1S/C19H16ClNO/c1-2-21(19(22)15-9-5-10-16(20)13-15)18-12-6-8-14-7-3-4-11-17(14)18/h3-13H,2H2,1H3. The first-order valence-corrected chi connectivity index (χ1v) is 7.63. The predicted molar refractivity (Wildman–Crippen MR) is 92.8 cm³/mol. The molecule has 0 fully saturated rings. The van der Waals surface area contributed by atoms with Crippen LogP contribution in [0.3, 0.4) is 0 Å². The molecule has 0 radical (unpaired) electrons. The van der Waals surface area contributed by atoms with Crippen molar-refractivity contribution >= 4 is 34.0 Å². The van der Waals surface area contributed by atoms with E-state index in [1.165, 1.54) is 0 Å². The summed E-state index contributed by atoms with van der Waals surface area (Å²) in [5.41, 5.74) is 1.52. The van der Waals surface area contributed by atoms with Gasteiger partial charge in [-0.15, -0.1) is 0 Å². The van der Waals surface area contributed by atoms with E-state index >= 15 is 0 Å². The van der Waals surface area contributed by atoms with Gasteiger partial charge in [-0.3, -0.25) is 4.79 Å². The van der Waals surface area contributed by atoms with Crippen LogP contribution in [0, 0.1) is 0 Å². The molecular weight excluding hydrogens is 294 g/mol. The summed E-state index contributed by atoms with van der Waals surface area (Å²) < 4.78 is 0. The lowest BCUT2D eigenvalue weighted by Crippen LogP contribution is -2.30. The molecule has 3 aromatic rings. The van der Waals surface area contributed by atoms with Gasteiger partial charge in [0.05, 0.1) is 5.69 Å². The second-order valence-corrected chi connectivity index (χ2v) is 5.49. The molecule has 3 aromatic carbocycles. The first kappa shape index (κ1) is 14.6. The molecule has 0 saturated carbocycles. The average molecular weight is 310 g/mol. The molecule has 0 spiro atoms. The number of hydrogen-bond acceptors (Lipinski definition) is 1. The van der Waals surface area contributed by atoms with Crippen LogP contribution in [0.2, 0.25) is 5.02 Å². The number of carbonyl (C=O) groups excluding carboxylic acids is 1.